The number of rotatable bonds is 7. The van der Waals surface area contributed by atoms with E-state index in [0.29, 0.717) is 18.2 Å². The van der Waals surface area contributed by atoms with Crippen molar-refractivity contribution in [2.75, 3.05) is 19.6 Å². The van der Waals surface area contributed by atoms with Crippen molar-refractivity contribution >= 4 is 5.91 Å². The van der Waals surface area contributed by atoms with Crippen LogP contribution in [-0.2, 0) is 11.2 Å². The highest BCUT2D eigenvalue weighted by atomic mass is 16.3. The normalized spacial score (nSPS) is 18.3. The van der Waals surface area contributed by atoms with Gasteiger partial charge in [0.25, 0.3) is 0 Å². The van der Waals surface area contributed by atoms with Crippen LogP contribution in [0.15, 0.2) is 24.3 Å². The topological polar surface area (TPSA) is 76.4 Å². The van der Waals surface area contributed by atoms with Crippen molar-refractivity contribution in [3.05, 3.63) is 29.8 Å². The maximum Gasteiger partial charge on any atom is 0.235 e. The van der Waals surface area contributed by atoms with E-state index in [1.807, 2.05) is 26.0 Å². The van der Waals surface area contributed by atoms with Crippen LogP contribution >= 0.6 is 0 Å². The maximum absolute atomic E-state index is 12.3. The molecule has 5 nitrogen and oxygen atoms in total. The van der Waals surface area contributed by atoms with Crippen molar-refractivity contribution < 1.29 is 9.90 Å². The molecular weight excluding hydrogens is 326 g/mol. The average Bonchev–Trinajstić information content (AvgIpc) is 2.62. The quantitative estimate of drug-likeness (QED) is 0.786. The number of phenolic OH excluding ortho intramolecular Hbond substituents is 1. The van der Waals surface area contributed by atoms with Crippen LogP contribution in [0.25, 0.3) is 0 Å². The Morgan fingerprint density at radius 3 is 2.50 bits per heavy atom. The zero-order valence-electron chi connectivity index (χ0n) is 16.2. The number of likely N-dealkylation sites (tertiary alicyclic amines) is 1. The van der Waals surface area contributed by atoms with Gasteiger partial charge in [0.15, 0.2) is 0 Å². The number of nitriles is 1. The molecule has 0 aliphatic carbocycles. The van der Waals surface area contributed by atoms with Crippen LogP contribution in [0.3, 0.4) is 0 Å². The lowest BCUT2D eigenvalue weighted by molar-refractivity contribution is -0.124. The predicted octanol–water partition coefficient (Wildman–Crippen LogP) is 3.09. The first-order valence-electron chi connectivity index (χ1n) is 9.55. The van der Waals surface area contributed by atoms with Crippen LogP contribution in [0.2, 0.25) is 0 Å². The number of nitrogens with one attached hydrogen (secondary N) is 1. The van der Waals surface area contributed by atoms with Crippen LogP contribution in [-0.4, -0.2) is 41.1 Å². The summed E-state index contributed by atoms with van der Waals surface area (Å²) in [5.74, 6) is 1.00. The highest BCUT2D eigenvalue weighted by Gasteiger charge is 2.31. The Morgan fingerprint density at radius 1 is 1.35 bits per heavy atom. The Labute approximate surface area is 157 Å². The van der Waals surface area contributed by atoms with E-state index in [0.717, 1.165) is 38.8 Å². The fourth-order valence-corrected chi connectivity index (χ4v) is 3.30. The lowest BCUT2D eigenvalue weighted by atomic mass is 9.89. The largest absolute Gasteiger partial charge is 0.508 e. The summed E-state index contributed by atoms with van der Waals surface area (Å²) in [6.07, 6.45) is 4.38. The zero-order chi connectivity index (χ0) is 19.2. The lowest BCUT2D eigenvalue weighted by Crippen LogP contribution is -2.52. The molecule has 1 unspecified atom stereocenters. The second kappa shape index (κ2) is 9.05. The molecule has 1 aromatic carbocycles. The monoisotopic (exact) mass is 357 g/mol. The number of carbonyl (C=O) groups is 1. The van der Waals surface area contributed by atoms with Gasteiger partial charge in [0.2, 0.25) is 5.91 Å². The molecule has 1 aromatic rings. The second-order valence-corrected chi connectivity index (χ2v) is 7.94. The Kier molecular flexibility index (Phi) is 7.05. The van der Waals surface area contributed by atoms with E-state index in [2.05, 4.69) is 16.3 Å². The Morgan fingerprint density at radius 2 is 1.96 bits per heavy atom. The highest BCUT2D eigenvalue weighted by molar-refractivity contribution is 5.79. The van der Waals surface area contributed by atoms with Crippen molar-refractivity contribution in [2.24, 2.45) is 11.8 Å². The number of aryl methyl sites for hydroxylation is 1. The third-order valence-corrected chi connectivity index (χ3v) is 5.64. The summed E-state index contributed by atoms with van der Waals surface area (Å²) in [6.45, 7) is 7.91. The number of hydrogen-bond donors (Lipinski definition) is 2. The van der Waals surface area contributed by atoms with Gasteiger partial charge in [-0.05, 0) is 75.2 Å². The van der Waals surface area contributed by atoms with E-state index < -0.39 is 5.54 Å². The summed E-state index contributed by atoms with van der Waals surface area (Å²) in [5.41, 5.74) is 0.452. The Balaban J connectivity index is 1.72. The minimum absolute atomic E-state index is 0.0645. The highest BCUT2D eigenvalue weighted by Crippen LogP contribution is 2.23. The van der Waals surface area contributed by atoms with Gasteiger partial charge in [-0.15, -0.1) is 0 Å². The van der Waals surface area contributed by atoms with Crippen molar-refractivity contribution in [2.45, 2.75) is 52.0 Å². The van der Waals surface area contributed by atoms with Crippen LogP contribution < -0.4 is 5.32 Å². The molecule has 1 aliphatic rings. The van der Waals surface area contributed by atoms with Crippen molar-refractivity contribution in [1.29, 1.82) is 5.26 Å². The first kappa shape index (κ1) is 20.3. The Hall–Kier alpha value is -2.06. The van der Waals surface area contributed by atoms with Crippen molar-refractivity contribution in [3.63, 3.8) is 0 Å². The zero-order valence-corrected chi connectivity index (χ0v) is 16.2. The molecule has 0 radical (unpaired) electrons. The molecule has 26 heavy (non-hydrogen) atoms. The van der Waals surface area contributed by atoms with E-state index in [-0.39, 0.29) is 11.8 Å². The van der Waals surface area contributed by atoms with Crippen molar-refractivity contribution in [3.8, 4) is 11.8 Å². The summed E-state index contributed by atoms with van der Waals surface area (Å²) >= 11 is 0. The lowest BCUT2D eigenvalue weighted by Gasteiger charge is -2.33. The fraction of sp³-hybridized carbons (Fsp3) is 0.619. The molecule has 142 valence electrons. The van der Waals surface area contributed by atoms with Gasteiger partial charge in [0.05, 0.1) is 12.6 Å². The number of amides is 1. The molecule has 2 N–H and O–H groups in total. The van der Waals surface area contributed by atoms with E-state index in [1.165, 1.54) is 5.56 Å². The van der Waals surface area contributed by atoms with Crippen LogP contribution in [0.4, 0.5) is 0 Å². The van der Waals surface area contributed by atoms with Gasteiger partial charge in [0, 0.05) is 0 Å². The first-order valence-corrected chi connectivity index (χ1v) is 9.55. The molecule has 1 aliphatic heterocycles. The molecule has 1 fully saturated rings. The number of benzene rings is 1. The summed E-state index contributed by atoms with van der Waals surface area (Å²) in [5, 5.41) is 21.5. The van der Waals surface area contributed by atoms with Crippen LogP contribution in [0, 0.1) is 23.2 Å². The standard InChI is InChI=1S/C21H31N3O2/c1-16(2)21(3,15-22)23-20(26)14-24-12-10-18(11-13-24)5-4-17-6-8-19(25)9-7-17/h6-9,16,18,25H,4-5,10-14H2,1-3H3,(H,23,26). The minimum atomic E-state index is -0.806. The third-order valence-electron chi connectivity index (χ3n) is 5.64. The molecule has 1 atom stereocenters. The van der Waals surface area contributed by atoms with E-state index in [1.54, 1.807) is 19.1 Å². The molecular formula is C21H31N3O2. The molecule has 1 heterocycles. The van der Waals surface area contributed by atoms with E-state index in [4.69, 9.17) is 0 Å². The number of phenols is 1. The molecule has 5 heteroatoms. The van der Waals surface area contributed by atoms with Crippen LogP contribution in [0.5, 0.6) is 5.75 Å². The molecule has 2 rings (SSSR count). The molecule has 1 amide bonds. The van der Waals surface area contributed by atoms with Gasteiger partial charge >= 0.3 is 0 Å². The first-order chi connectivity index (χ1) is 12.3. The van der Waals surface area contributed by atoms with E-state index in [9.17, 15) is 15.2 Å². The third kappa shape index (κ3) is 5.74. The van der Waals surface area contributed by atoms with Gasteiger partial charge < -0.3 is 10.4 Å². The smallest absolute Gasteiger partial charge is 0.235 e. The summed E-state index contributed by atoms with van der Waals surface area (Å²) < 4.78 is 0. The average molecular weight is 357 g/mol. The number of aromatic hydroxyl groups is 1. The fourth-order valence-electron chi connectivity index (χ4n) is 3.30. The summed E-state index contributed by atoms with van der Waals surface area (Å²) in [7, 11) is 0. The van der Waals surface area contributed by atoms with Gasteiger partial charge in [-0.1, -0.05) is 26.0 Å². The predicted molar refractivity (Wildman–Crippen MR) is 103 cm³/mol. The number of hydrogen-bond acceptors (Lipinski definition) is 4. The molecule has 1 saturated heterocycles. The maximum atomic E-state index is 12.3. The molecule has 0 aromatic heterocycles. The molecule has 0 saturated carbocycles. The van der Waals surface area contributed by atoms with E-state index >= 15 is 0 Å². The number of carbonyl (C=O) groups excluding carboxylic acids is 1. The van der Waals surface area contributed by atoms with Gasteiger partial charge in [-0.25, -0.2) is 0 Å². The van der Waals surface area contributed by atoms with Crippen LogP contribution in [0.1, 0.15) is 45.6 Å². The van der Waals surface area contributed by atoms with Crippen molar-refractivity contribution in [1.82, 2.24) is 10.2 Å². The molecule has 0 spiro atoms. The second-order valence-electron chi connectivity index (χ2n) is 7.94. The van der Waals surface area contributed by atoms with Gasteiger partial charge in [-0.2, -0.15) is 5.26 Å². The summed E-state index contributed by atoms with van der Waals surface area (Å²) in [4.78, 5) is 14.5. The van der Waals surface area contributed by atoms with Gasteiger partial charge in [0.1, 0.15) is 11.3 Å². The Bertz CT molecular complexity index is 628. The minimum Gasteiger partial charge on any atom is -0.508 e. The summed E-state index contributed by atoms with van der Waals surface area (Å²) in [6, 6.07) is 9.66. The number of piperidine rings is 1. The number of nitrogens with zero attached hydrogens (tertiary/aromatic N) is 2. The van der Waals surface area contributed by atoms with Gasteiger partial charge in [-0.3, -0.25) is 9.69 Å². The molecule has 0 bridgehead atoms. The SMILES string of the molecule is CC(C)C(C)(C#N)NC(=O)CN1CCC(CCc2ccc(O)cc2)CC1.